The Morgan fingerprint density at radius 1 is 1.00 bits per heavy atom. The van der Waals surface area contributed by atoms with E-state index in [9.17, 15) is 8.42 Å². The molecule has 2 N–H and O–H groups in total. The van der Waals surface area contributed by atoms with Crippen molar-refractivity contribution < 1.29 is 8.42 Å². The van der Waals surface area contributed by atoms with Crippen LogP contribution in [0.25, 0.3) is 0 Å². The second kappa shape index (κ2) is 7.80. The number of hydrogen-bond donors (Lipinski definition) is 2. The highest BCUT2D eigenvalue weighted by molar-refractivity contribution is 7.89. The standard InChI is InChI=1S/C16H19N5O2S/c1-21(2)15-7-3-13(4-8-15)19-20-14-5-9-16(10-6-14)24(22,23)18-12-11-17/h3-11,17-18H,12H2,1-2H3. The number of hydrogen-bond acceptors (Lipinski definition) is 6. The van der Waals surface area contributed by atoms with Crippen LogP contribution in [0.4, 0.5) is 17.1 Å². The minimum absolute atomic E-state index is 0.0350. The Balaban J connectivity index is 2.09. The van der Waals surface area contributed by atoms with Gasteiger partial charge in [0, 0.05) is 32.5 Å². The first-order valence-corrected chi connectivity index (χ1v) is 8.68. The van der Waals surface area contributed by atoms with Crippen LogP contribution in [0.1, 0.15) is 0 Å². The molecule has 0 unspecified atom stereocenters. The number of nitrogens with one attached hydrogen (secondary N) is 2. The van der Waals surface area contributed by atoms with Crippen LogP contribution in [-0.4, -0.2) is 35.3 Å². The zero-order valence-corrected chi connectivity index (χ0v) is 14.3. The predicted molar refractivity (Wildman–Crippen MR) is 95.4 cm³/mol. The second-order valence-electron chi connectivity index (χ2n) is 5.16. The van der Waals surface area contributed by atoms with Crippen molar-refractivity contribution in [1.82, 2.24) is 4.72 Å². The van der Waals surface area contributed by atoms with Crippen molar-refractivity contribution in [2.24, 2.45) is 10.2 Å². The normalized spacial score (nSPS) is 11.6. The van der Waals surface area contributed by atoms with E-state index >= 15 is 0 Å². The van der Waals surface area contributed by atoms with E-state index in [0.717, 1.165) is 11.9 Å². The quantitative estimate of drug-likeness (QED) is 0.596. The number of anilines is 1. The van der Waals surface area contributed by atoms with Gasteiger partial charge in [0.15, 0.2) is 0 Å². The summed E-state index contributed by atoms with van der Waals surface area (Å²) in [5, 5.41) is 15.1. The molecule has 0 aliphatic carbocycles. The Labute approximate surface area is 141 Å². The molecule has 2 aromatic carbocycles. The maximum Gasteiger partial charge on any atom is 0.240 e. The third-order valence-corrected chi connectivity index (χ3v) is 4.61. The van der Waals surface area contributed by atoms with E-state index in [0.29, 0.717) is 11.4 Å². The molecule has 0 saturated heterocycles. The van der Waals surface area contributed by atoms with Crippen LogP contribution in [0.3, 0.4) is 0 Å². The molecule has 0 heterocycles. The molecule has 0 bridgehead atoms. The van der Waals surface area contributed by atoms with Gasteiger partial charge in [-0.05, 0) is 48.5 Å². The zero-order chi connectivity index (χ0) is 17.6. The number of sulfonamides is 1. The van der Waals surface area contributed by atoms with Gasteiger partial charge in [0.1, 0.15) is 0 Å². The first-order valence-electron chi connectivity index (χ1n) is 7.20. The molecular formula is C16H19N5O2S. The smallest absolute Gasteiger partial charge is 0.240 e. The lowest BCUT2D eigenvalue weighted by molar-refractivity contribution is 0.586. The Kier molecular flexibility index (Phi) is 5.78. The Hall–Kier alpha value is -2.58. The van der Waals surface area contributed by atoms with Crippen LogP contribution in [0.15, 0.2) is 63.7 Å². The summed E-state index contributed by atoms with van der Waals surface area (Å²) in [6, 6.07) is 13.7. The Morgan fingerprint density at radius 2 is 1.50 bits per heavy atom. The molecule has 126 valence electrons. The highest BCUT2D eigenvalue weighted by Crippen LogP contribution is 2.22. The Morgan fingerprint density at radius 3 is 1.96 bits per heavy atom. The molecule has 0 spiro atoms. The predicted octanol–water partition coefficient (Wildman–Crippen LogP) is 3.10. The van der Waals surface area contributed by atoms with Gasteiger partial charge in [0.2, 0.25) is 10.0 Å². The summed E-state index contributed by atoms with van der Waals surface area (Å²) in [6.07, 6.45) is 0.988. The van der Waals surface area contributed by atoms with Crippen molar-refractivity contribution in [3.8, 4) is 0 Å². The van der Waals surface area contributed by atoms with E-state index in [1.807, 2.05) is 43.3 Å². The van der Waals surface area contributed by atoms with Gasteiger partial charge in [0.05, 0.1) is 16.3 Å². The zero-order valence-electron chi connectivity index (χ0n) is 13.5. The number of rotatable bonds is 7. The van der Waals surface area contributed by atoms with Crippen molar-refractivity contribution in [2.75, 3.05) is 25.5 Å². The summed E-state index contributed by atoms with van der Waals surface area (Å²) in [6.45, 7) is -0.0350. The summed E-state index contributed by atoms with van der Waals surface area (Å²) >= 11 is 0. The van der Waals surface area contributed by atoms with Crippen LogP contribution in [0.2, 0.25) is 0 Å². The van der Waals surface area contributed by atoms with Crippen LogP contribution >= 0.6 is 0 Å². The van der Waals surface area contributed by atoms with Crippen LogP contribution in [-0.2, 0) is 10.0 Å². The number of nitrogens with zero attached hydrogens (tertiary/aromatic N) is 3. The highest BCUT2D eigenvalue weighted by Gasteiger charge is 2.12. The van der Waals surface area contributed by atoms with Crippen LogP contribution < -0.4 is 9.62 Å². The van der Waals surface area contributed by atoms with Crippen molar-refractivity contribution in [2.45, 2.75) is 4.90 Å². The van der Waals surface area contributed by atoms with Crippen molar-refractivity contribution in [3.05, 3.63) is 48.5 Å². The van der Waals surface area contributed by atoms with Gasteiger partial charge >= 0.3 is 0 Å². The van der Waals surface area contributed by atoms with Gasteiger partial charge < -0.3 is 10.3 Å². The number of azo groups is 1. The first-order chi connectivity index (χ1) is 11.4. The van der Waals surface area contributed by atoms with E-state index in [2.05, 4.69) is 15.0 Å². The summed E-state index contributed by atoms with van der Waals surface area (Å²) in [7, 11) is 0.325. The van der Waals surface area contributed by atoms with Gasteiger partial charge in [-0.25, -0.2) is 13.1 Å². The fraction of sp³-hybridized carbons (Fsp3) is 0.188. The van der Waals surface area contributed by atoms with Crippen molar-refractivity contribution in [1.29, 1.82) is 5.41 Å². The SMILES string of the molecule is CN(C)c1ccc(N=Nc2ccc(S(=O)(=O)NCC=N)cc2)cc1. The first kappa shape index (κ1) is 17.8. The largest absolute Gasteiger partial charge is 0.378 e. The minimum Gasteiger partial charge on any atom is -0.378 e. The minimum atomic E-state index is -3.60. The summed E-state index contributed by atoms with van der Waals surface area (Å²) in [4.78, 5) is 2.12. The molecule has 7 nitrogen and oxygen atoms in total. The summed E-state index contributed by atoms with van der Waals surface area (Å²) < 4.78 is 26.1. The lowest BCUT2D eigenvalue weighted by atomic mass is 10.3. The fourth-order valence-electron chi connectivity index (χ4n) is 1.86. The molecule has 0 aliphatic rings. The molecule has 0 aromatic heterocycles. The third kappa shape index (κ3) is 4.71. The van der Waals surface area contributed by atoms with E-state index in [1.54, 1.807) is 12.1 Å². The monoisotopic (exact) mass is 345 g/mol. The van der Waals surface area contributed by atoms with Crippen molar-refractivity contribution in [3.63, 3.8) is 0 Å². The highest BCUT2D eigenvalue weighted by atomic mass is 32.2. The molecule has 8 heteroatoms. The molecule has 0 saturated carbocycles. The lowest BCUT2D eigenvalue weighted by Crippen LogP contribution is -2.25. The van der Waals surface area contributed by atoms with Gasteiger partial charge in [-0.2, -0.15) is 10.2 Å². The summed E-state index contributed by atoms with van der Waals surface area (Å²) in [5.41, 5.74) is 2.34. The average Bonchev–Trinajstić information content (AvgIpc) is 2.59. The third-order valence-electron chi connectivity index (χ3n) is 3.17. The van der Waals surface area contributed by atoms with Crippen molar-refractivity contribution >= 4 is 33.3 Å². The maximum atomic E-state index is 11.9. The van der Waals surface area contributed by atoms with Gasteiger partial charge in [-0.15, -0.1) is 0 Å². The van der Waals surface area contributed by atoms with E-state index < -0.39 is 10.0 Å². The molecule has 2 rings (SSSR count). The van der Waals surface area contributed by atoms with E-state index in [-0.39, 0.29) is 11.4 Å². The molecule has 0 atom stereocenters. The van der Waals surface area contributed by atoms with Crippen LogP contribution in [0.5, 0.6) is 0 Å². The molecule has 2 aromatic rings. The second-order valence-corrected chi connectivity index (χ2v) is 6.93. The topological polar surface area (TPSA) is 98.0 Å². The van der Waals surface area contributed by atoms with Gasteiger partial charge in [0.25, 0.3) is 0 Å². The van der Waals surface area contributed by atoms with Crippen LogP contribution in [0, 0.1) is 5.41 Å². The molecule has 0 aliphatic heterocycles. The van der Waals surface area contributed by atoms with Gasteiger partial charge in [-0.1, -0.05) is 0 Å². The average molecular weight is 345 g/mol. The maximum absolute atomic E-state index is 11.9. The molecular weight excluding hydrogens is 326 g/mol. The molecule has 24 heavy (non-hydrogen) atoms. The fourth-order valence-corrected chi connectivity index (χ4v) is 2.82. The van der Waals surface area contributed by atoms with E-state index in [4.69, 9.17) is 5.41 Å². The van der Waals surface area contributed by atoms with E-state index in [1.165, 1.54) is 12.1 Å². The molecule has 0 radical (unpaired) electrons. The Bertz CT molecular complexity index is 813. The van der Waals surface area contributed by atoms with Gasteiger partial charge in [-0.3, -0.25) is 0 Å². The number of benzene rings is 2. The molecule has 0 fully saturated rings. The molecule has 0 amide bonds. The lowest BCUT2D eigenvalue weighted by Gasteiger charge is -2.11. The summed E-state index contributed by atoms with van der Waals surface area (Å²) in [5.74, 6) is 0.